The lowest BCUT2D eigenvalue weighted by atomic mass is 9.68. The van der Waals surface area contributed by atoms with Crippen LogP contribution >= 0.6 is 0 Å². The first kappa shape index (κ1) is 15.5. The van der Waals surface area contributed by atoms with Crippen molar-refractivity contribution in [3.05, 3.63) is 29.8 Å². The molecule has 0 aliphatic carbocycles. The van der Waals surface area contributed by atoms with E-state index >= 15 is 0 Å². The summed E-state index contributed by atoms with van der Waals surface area (Å²) in [5.41, 5.74) is 0.404. The molecule has 2 rings (SSSR count). The maximum absolute atomic E-state index is 10.1. The zero-order valence-corrected chi connectivity index (χ0v) is 14.4. The Morgan fingerprint density at radius 2 is 1.85 bits per heavy atom. The van der Waals surface area contributed by atoms with Crippen LogP contribution in [0.3, 0.4) is 0 Å². The van der Waals surface area contributed by atoms with Gasteiger partial charge in [-0.3, -0.25) is 0 Å². The van der Waals surface area contributed by atoms with E-state index in [4.69, 9.17) is 9.16 Å². The highest BCUT2D eigenvalue weighted by molar-refractivity contribution is 6.69. The molecule has 1 saturated heterocycles. The third kappa shape index (κ3) is 2.64. The Labute approximate surface area is 123 Å². The quantitative estimate of drug-likeness (QED) is 0.853. The summed E-state index contributed by atoms with van der Waals surface area (Å²) in [6.45, 7) is 13.7. The summed E-state index contributed by atoms with van der Waals surface area (Å²) in [4.78, 5) is 0. The minimum absolute atomic E-state index is 0.0571. The lowest BCUT2D eigenvalue weighted by Gasteiger charge is -2.58. The zero-order chi connectivity index (χ0) is 15.2. The van der Waals surface area contributed by atoms with Crippen LogP contribution in [0.5, 0.6) is 5.75 Å². The number of phenolic OH excluding ortho intramolecular Hbond substituents is 1. The third-order valence-electron chi connectivity index (χ3n) is 3.87. The van der Waals surface area contributed by atoms with Gasteiger partial charge in [0.25, 0.3) is 0 Å². The van der Waals surface area contributed by atoms with Gasteiger partial charge in [0.05, 0.1) is 6.61 Å². The fraction of sp³-hybridized carbons (Fsp3) is 0.625. The Hall–Kier alpha value is -0.843. The second-order valence-electron chi connectivity index (χ2n) is 7.60. The van der Waals surface area contributed by atoms with Crippen LogP contribution in [0.4, 0.5) is 0 Å². The van der Waals surface area contributed by atoms with Gasteiger partial charge in [0.2, 0.25) is 0 Å². The highest BCUT2D eigenvalue weighted by Gasteiger charge is 2.59. The first-order valence-electron chi connectivity index (χ1n) is 7.16. The van der Waals surface area contributed by atoms with Crippen molar-refractivity contribution >= 4 is 8.32 Å². The van der Waals surface area contributed by atoms with Crippen molar-refractivity contribution in [2.75, 3.05) is 6.61 Å². The van der Waals surface area contributed by atoms with Crippen LogP contribution in [0, 0.1) is 5.41 Å². The molecule has 1 aliphatic rings. The molecule has 20 heavy (non-hydrogen) atoms. The lowest BCUT2D eigenvalue weighted by molar-refractivity contribution is -0.274. The maximum Gasteiger partial charge on any atom is 0.184 e. The Bertz CT molecular complexity index is 487. The summed E-state index contributed by atoms with van der Waals surface area (Å²) >= 11 is 0. The summed E-state index contributed by atoms with van der Waals surface area (Å²) in [6.07, 6.45) is -0.199. The van der Waals surface area contributed by atoms with Crippen molar-refractivity contribution in [1.29, 1.82) is 0 Å². The highest BCUT2D eigenvalue weighted by Crippen LogP contribution is 2.54. The molecule has 0 unspecified atom stereocenters. The van der Waals surface area contributed by atoms with Gasteiger partial charge < -0.3 is 14.3 Å². The van der Waals surface area contributed by atoms with Crippen LogP contribution < -0.4 is 0 Å². The van der Waals surface area contributed by atoms with Crippen LogP contribution in [0.25, 0.3) is 0 Å². The van der Waals surface area contributed by atoms with E-state index in [1.807, 2.05) is 18.2 Å². The normalized spacial score (nSPS) is 27.2. The van der Waals surface area contributed by atoms with Crippen LogP contribution in [-0.4, -0.2) is 25.6 Å². The van der Waals surface area contributed by atoms with Gasteiger partial charge in [-0.15, -0.1) is 0 Å². The molecular formula is C16H26O3Si. The van der Waals surface area contributed by atoms with Crippen molar-refractivity contribution in [1.82, 2.24) is 0 Å². The van der Waals surface area contributed by atoms with Gasteiger partial charge >= 0.3 is 0 Å². The van der Waals surface area contributed by atoms with E-state index in [0.717, 1.165) is 5.56 Å². The first-order chi connectivity index (χ1) is 9.07. The molecule has 0 radical (unpaired) electrons. The molecule has 1 aliphatic heterocycles. The van der Waals surface area contributed by atoms with Crippen molar-refractivity contribution < 1.29 is 14.3 Å². The van der Waals surface area contributed by atoms with Gasteiger partial charge in [-0.1, -0.05) is 39.0 Å². The number of rotatable bonds is 3. The number of aromatic hydroxyl groups is 1. The number of phenols is 1. The van der Waals surface area contributed by atoms with Crippen LogP contribution in [0.15, 0.2) is 24.3 Å². The molecule has 1 heterocycles. The van der Waals surface area contributed by atoms with E-state index in [-0.39, 0.29) is 22.9 Å². The molecule has 1 aromatic rings. The Kier molecular flexibility index (Phi) is 3.78. The van der Waals surface area contributed by atoms with E-state index in [0.29, 0.717) is 6.61 Å². The molecule has 4 heteroatoms. The number of hydrogen-bond donors (Lipinski definition) is 1. The minimum atomic E-state index is -1.73. The molecule has 2 atom stereocenters. The molecule has 0 saturated carbocycles. The SMILES string of the molecule is CC(C)(C)[C@@]1(O[Si](C)(C)C)CO[C@@H]1c1ccccc1O. The molecular weight excluding hydrogens is 268 g/mol. The molecule has 0 aromatic heterocycles. The Morgan fingerprint density at radius 3 is 2.25 bits per heavy atom. The number of para-hydroxylation sites is 1. The van der Waals surface area contributed by atoms with Crippen LogP contribution in [0.2, 0.25) is 19.6 Å². The first-order valence-corrected chi connectivity index (χ1v) is 10.6. The van der Waals surface area contributed by atoms with E-state index < -0.39 is 8.32 Å². The molecule has 112 valence electrons. The number of benzene rings is 1. The standard InChI is InChI=1S/C16H26O3Si/c1-15(2,3)16(19-20(4,5)6)11-18-14(16)12-9-7-8-10-13(12)17/h7-10,14,17H,11H2,1-6H3/t14-,16-/m1/s1. The molecule has 3 nitrogen and oxygen atoms in total. The summed E-state index contributed by atoms with van der Waals surface area (Å²) in [7, 11) is -1.73. The van der Waals surface area contributed by atoms with Gasteiger partial charge in [0.15, 0.2) is 8.32 Å². The van der Waals surface area contributed by atoms with Crippen molar-refractivity contribution in [3.8, 4) is 5.75 Å². The maximum atomic E-state index is 10.1. The summed E-state index contributed by atoms with van der Waals surface area (Å²) in [5, 5.41) is 10.1. The van der Waals surface area contributed by atoms with E-state index in [1.165, 1.54) is 0 Å². The third-order valence-corrected chi connectivity index (χ3v) is 4.84. The molecule has 0 bridgehead atoms. The van der Waals surface area contributed by atoms with Gasteiger partial charge in [-0.2, -0.15) is 0 Å². The second-order valence-corrected chi connectivity index (χ2v) is 12.0. The van der Waals surface area contributed by atoms with Gasteiger partial charge in [0, 0.05) is 5.56 Å². The summed E-state index contributed by atoms with van der Waals surface area (Å²) in [5.74, 6) is 0.282. The minimum Gasteiger partial charge on any atom is -0.508 e. The highest BCUT2D eigenvalue weighted by atomic mass is 28.4. The van der Waals surface area contributed by atoms with E-state index in [1.54, 1.807) is 6.07 Å². The molecule has 1 fully saturated rings. The predicted octanol–water partition coefficient (Wildman–Crippen LogP) is 4.10. The van der Waals surface area contributed by atoms with Crippen molar-refractivity contribution in [2.45, 2.75) is 52.1 Å². The zero-order valence-electron chi connectivity index (χ0n) is 13.4. The lowest BCUT2D eigenvalue weighted by Crippen LogP contribution is -2.65. The van der Waals surface area contributed by atoms with Crippen LogP contribution in [-0.2, 0) is 9.16 Å². The van der Waals surface area contributed by atoms with Gasteiger partial charge in [-0.05, 0) is 31.1 Å². The van der Waals surface area contributed by atoms with Crippen molar-refractivity contribution in [3.63, 3.8) is 0 Å². The topological polar surface area (TPSA) is 38.7 Å². The average Bonchev–Trinajstić information content (AvgIpc) is 2.24. The summed E-state index contributed by atoms with van der Waals surface area (Å²) in [6, 6.07) is 7.39. The fourth-order valence-corrected chi connectivity index (χ4v) is 4.33. The number of hydrogen-bond acceptors (Lipinski definition) is 3. The Balaban J connectivity index is 2.42. The van der Waals surface area contributed by atoms with Gasteiger partial charge in [-0.25, -0.2) is 0 Å². The Morgan fingerprint density at radius 1 is 1.25 bits per heavy atom. The molecule has 1 aromatic carbocycles. The van der Waals surface area contributed by atoms with Gasteiger partial charge in [0.1, 0.15) is 17.5 Å². The number of ether oxygens (including phenoxy) is 1. The average molecular weight is 294 g/mol. The molecule has 0 amide bonds. The van der Waals surface area contributed by atoms with E-state index in [2.05, 4.69) is 40.4 Å². The monoisotopic (exact) mass is 294 g/mol. The van der Waals surface area contributed by atoms with Crippen molar-refractivity contribution in [2.24, 2.45) is 5.41 Å². The van der Waals surface area contributed by atoms with E-state index in [9.17, 15) is 5.11 Å². The largest absolute Gasteiger partial charge is 0.508 e. The van der Waals surface area contributed by atoms with Crippen LogP contribution in [0.1, 0.15) is 32.4 Å². The fourth-order valence-electron chi connectivity index (χ4n) is 2.76. The second kappa shape index (κ2) is 4.86. The molecule has 0 spiro atoms. The predicted molar refractivity (Wildman–Crippen MR) is 83.4 cm³/mol. The molecule has 1 N–H and O–H groups in total. The smallest absolute Gasteiger partial charge is 0.184 e. The summed E-state index contributed by atoms with van der Waals surface area (Å²) < 4.78 is 12.4.